The lowest BCUT2D eigenvalue weighted by atomic mass is 10.0. The van der Waals surface area contributed by atoms with E-state index in [0.29, 0.717) is 26.2 Å². The zero-order chi connectivity index (χ0) is 20.3. The van der Waals surface area contributed by atoms with Crippen LogP contribution < -0.4 is 4.90 Å². The number of benzene rings is 2. The second kappa shape index (κ2) is 8.55. The summed E-state index contributed by atoms with van der Waals surface area (Å²) in [4.78, 5) is 19.8. The van der Waals surface area contributed by atoms with Gasteiger partial charge in [-0.25, -0.2) is 8.42 Å². The third-order valence-electron chi connectivity index (χ3n) is 5.81. The van der Waals surface area contributed by atoms with Crippen molar-refractivity contribution in [2.45, 2.75) is 6.04 Å². The second-order valence-electron chi connectivity index (χ2n) is 7.65. The number of anilines is 1. The molecule has 4 rings (SSSR count). The van der Waals surface area contributed by atoms with Gasteiger partial charge in [-0.1, -0.05) is 48.5 Å². The molecule has 1 amide bonds. The Hall–Kier alpha value is -2.38. The fourth-order valence-corrected chi connectivity index (χ4v) is 5.36. The molecule has 0 aromatic heterocycles. The Morgan fingerprint density at radius 3 is 1.90 bits per heavy atom. The van der Waals surface area contributed by atoms with Gasteiger partial charge in [0, 0.05) is 45.0 Å². The number of nitrogens with zero attached hydrogens (tertiary/aromatic N) is 3. The van der Waals surface area contributed by atoms with Crippen LogP contribution in [0.1, 0.15) is 11.6 Å². The van der Waals surface area contributed by atoms with Crippen molar-refractivity contribution < 1.29 is 13.2 Å². The Morgan fingerprint density at radius 2 is 1.31 bits per heavy atom. The van der Waals surface area contributed by atoms with Gasteiger partial charge in [-0.15, -0.1) is 0 Å². The highest BCUT2D eigenvalue weighted by Gasteiger charge is 2.35. The van der Waals surface area contributed by atoms with Crippen LogP contribution in [0.15, 0.2) is 60.7 Å². The lowest BCUT2D eigenvalue weighted by molar-refractivity contribution is -0.137. The molecule has 154 valence electrons. The van der Waals surface area contributed by atoms with E-state index in [1.54, 1.807) is 0 Å². The molecule has 0 N–H and O–H groups in total. The highest BCUT2D eigenvalue weighted by atomic mass is 32.2. The SMILES string of the molecule is O=C(C(c1ccccc1)N1CCS(=O)(=O)CC1)N1CCN(c2ccccc2)CC1. The summed E-state index contributed by atoms with van der Waals surface area (Å²) < 4.78 is 23.7. The number of para-hydroxylation sites is 1. The number of amides is 1. The average molecular weight is 414 g/mol. The number of hydrogen-bond donors (Lipinski definition) is 0. The largest absolute Gasteiger partial charge is 0.368 e. The molecule has 29 heavy (non-hydrogen) atoms. The molecule has 2 aliphatic rings. The van der Waals surface area contributed by atoms with E-state index >= 15 is 0 Å². The van der Waals surface area contributed by atoms with Crippen LogP contribution in [0.2, 0.25) is 0 Å². The number of piperazine rings is 1. The summed E-state index contributed by atoms with van der Waals surface area (Å²) in [7, 11) is -2.99. The lowest BCUT2D eigenvalue weighted by Crippen LogP contribution is -2.54. The molecule has 2 aliphatic heterocycles. The van der Waals surface area contributed by atoms with E-state index in [9.17, 15) is 13.2 Å². The Morgan fingerprint density at radius 1 is 0.759 bits per heavy atom. The Labute approximate surface area is 172 Å². The fourth-order valence-electron chi connectivity index (χ4n) is 4.13. The van der Waals surface area contributed by atoms with Gasteiger partial charge in [-0.05, 0) is 17.7 Å². The van der Waals surface area contributed by atoms with Gasteiger partial charge in [0.15, 0.2) is 9.84 Å². The molecule has 2 fully saturated rings. The molecule has 7 heteroatoms. The van der Waals surface area contributed by atoms with Crippen LogP contribution >= 0.6 is 0 Å². The number of carbonyl (C=O) groups is 1. The molecule has 0 saturated carbocycles. The zero-order valence-corrected chi connectivity index (χ0v) is 17.3. The first-order valence-electron chi connectivity index (χ1n) is 10.1. The molecular formula is C22H27N3O3S. The molecule has 2 aromatic carbocycles. The highest BCUT2D eigenvalue weighted by molar-refractivity contribution is 7.91. The summed E-state index contributed by atoms with van der Waals surface area (Å²) in [6.07, 6.45) is 0. The van der Waals surface area contributed by atoms with Crippen molar-refractivity contribution in [3.8, 4) is 0 Å². The minimum atomic E-state index is -2.99. The molecule has 1 unspecified atom stereocenters. The van der Waals surface area contributed by atoms with Gasteiger partial charge in [-0.2, -0.15) is 0 Å². The fraction of sp³-hybridized carbons (Fsp3) is 0.409. The predicted octanol–water partition coefficient (Wildman–Crippen LogP) is 1.81. The van der Waals surface area contributed by atoms with Crippen molar-refractivity contribution in [3.05, 3.63) is 66.2 Å². The van der Waals surface area contributed by atoms with Gasteiger partial charge in [0.25, 0.3) is 0 Å². The lowest BCUT2D eigenvalue weighted by Gasteiger charge is -2.40. The molecule has 1 atom stereocenters. The third-order valence-corrected chi connectivity index (χ3v) is 7.42. The number of rotatable bonds is 4. The van der Waals surface area contributed by atoms with Crippen molar-refractivity contribution in [1.29, 1.82) is 0 Å². The maximum Gasteiger partial charge on any atom is 0.244 e. The highest BCUT2D eigenvalue weighted by Crippen LogP contribution is 2.26. The molecule has 0 aliphatic carbocycles. The molecule has 2 heterocycles. The third kappa shape index (κ3) is 4.62. The van der Waals surface area contributed by atoms with Gasteiger partial charge in [0.05, 0.1) is 11.5 Å². The molecule has 2 aromatic rings. The smallest absolute Gasteiger partial charge is 0.244 e. The van der Waals surface area contributed by atoms with Gasteiger partial charge >= 0.3 is 0 Å². The van der Waals surface area contributed by atoms with Crippen LogP contribution in [0.4, 0.5) is 5.69 Å². The van der Waals surface area contributed by atoms with E-state index < -0.39 is 15.9 Å². The summed E-state index contributed by atoms with van der Waals surface area (Å²) in [5.41, 5.74) is 2.11. The van der Waals surface area contributed by atoms with Gasteiger partial charge in [-0.3, -0.25) is 9.69 Å². The van der Waals surface area contributed by atoms with Crippen molar-refractivity contribution >= 4 is 21.4 Å². The van der Waals surface area contributed by atoms with Gasteiger partial charge in [0.2, 0.25) is 5.91 Å². The monoisotopic (exact) mass is 413 g/mol. The van der Waals surface area contributed by atoms with E-state index in [-0.39, 0.29) is 17.4 Å². The van der Waals surface area contributed by atoms with E-state index in [2.05, 4.69) is 17.0 Å². The first kappa shape index (κ1) is 19.9. The summed E-state index contributed by atoms with van der Waals surface area (Å²) in [5.74, 6) is 0.305. The van der Waals surface area contributed by atoms with Crippen molar-refractivity contribution in [2.75, 3.05) is 55.7 Å². The Balaban J connectivity index is 1.49. The van der Waals surface area contributed by atoms with Crippen LogP contribution in [0.25, 0.3) is 0 Å². The van der Waals surface area contributed by atoms with Crippen molar-refractivity contribution in [3.63, 3.8) is 0 Å². The van der Waals surface area contributed by atoms with Crippen LogP contribution in [-0.2, 0) is 14.6 Å². The summed E-state index contributed by atoms with van der Waals surface area (Å²) in [6.45, 7) is 3.74. The van der Waals surface area contributed by atoms with Crippen LogP contribution in [0, 0.1) is 0 Å². The zero-order valence-electron chi connectivity index (χ0n) is 16.5. The first-order chi connectivity index (χ1) is 14.0. The number of sulfone groups is 1. The van der Waals surface area contributed by atoms with E-state index in [1.165, 1.54) is 5.69 Å². The minimum absolute atomic E-state index is 0.0724. The second-order valence-corrected chi connectivity index (χ2v) is 9.95. The first-order valence-corrected chi connectivity index (χ1v) is 11.9. The van der Waals surface area contributed by atoms with Crippen molar-refractivity contribution in [2.24, 2.45) is 0 Å². The van der Waals surface area contributed by atoms with E-state index in [1.807, 2.05) is 58.3 Å². The summed E-state index contributed by atoms with van der Waals surface area (Å²) in [5, 5.41) is 0. The van der Waals surface area contributed by atoms with Crippen molar-refractivity contribution in [1.82, 2.24) is 9.80 Å². The standard InChI is InChI=1S/C22H27N3O3S/c26-22(25-13-11-23(12-14-25)20-9-5-2-6-10-20)21(19-7-3-1-4-8-19)24-15-17-29(27,28)18-16-24/h1-10,21H,11-18H2. The molecular weight excluding hydrogens is 386 g/mol. The molecule has 0 bridgehead atoms. The topological polar surface area (TPSA) is 60.9 Å². The molecule has 2 saturated heterocycles. The Kier molecular flexibility index (Phi) is 5.87. The summed E-state index contributed by atoms with van der Waals surface area (Å²) >= 11 is 0. The van der Waals surface area contributed by atoms with E-state index in [0.717, 1.165) is 18.7 Å². The molecule has 6 nitrogen and oxygen atoms in total. The van der Waals surface area contributed by atoms with E-state index in [4.69, 9.17) is 0 Å². The van der Waals surface area contributed by atoms with Gasteiger partial charge < -0.3 is 9.80 Å². The van der Waals surface area contributed by atoms with Gasteiger partial charge in [0.1, 0.15) is 6.04 Å². The molecule has 0 spiro atoms. The van der Waals surface area contributed by atoms with Crippen LogP contribution in [-0.4, -0.2) is 74.9 Å². The summed E-state index contributed by atoms with van der Waals surface area (Å²) in [6, 6.07) is 19.6. The Bertz CT molecular complexity index is 912. The minimum Gasteiger partial charge on any atom is -0.368 e. The maximum atomic E-state index is 13.5. The number of carbonyl (C=O) groups excluding carboxylic acids is 1. The quantitative estimate of drug-likeness (QED) is 0.765. The number of hydrogen-bond acceptors (Lipinski definition) is 5. The average Bonchev–Trinajstić information content (AvgIpc) is 2.76. The van der Waals surface area contributed by atoms with Crippen LogP contribution in [0.3, 0.4) is 0 Å². The predicted molar refractivity (Wildman–Crippen MR) is 115 cm³/mol. The van der Waals surface area contributed by atoms with Crippen LogP contribution in [0.5, 0.6) is 0 Å². The maximum absolute atomic E-state index is 13.5. The normalized spacial score (nSPS) is 21.0. The molecule has 0 radical (unpaired) electrons.